The van der Waals surface area contributed by atoms with Crippen LogP contribution in [0, 0.1) is 5.82 Å². The molecule has 22 heavy (non-hydrogen) atoms. The van der Waals surface area contributed by atoms with Crippen LogP contribution in [-0.2, 0) is 5.54 Å². The van der Waals surface area contributed by atoms with Crippen molar-refractivity contribution in [3.05, 3.63) is 48.4 Å². The van der Waals surface area contributed by atoms with Crippen molar-refractivity contribution in [2.45, 2.75) is 24.8 Å². The van der Waals surface area contributed by atoms with E-state index < -0.39 is 5.54 Å². The van der Waals surface area contributed by atoms with Crippen LogP contribution in [0.4, 0.5) is 4.39 Å². The molecule has 1 fully saturated rings. The Morgan fingerprint density at radius 2 is 2.00 bits per heavy atom. The van der Waals surface area contributed by atoms with E-state index >= 15 is 0 Å². The van der Waals surface area contributed by atoms with Crippen molar-refractivity contribution in [3.8, 4) is 17.3 Å². The Kier molecular flexibility index (Phi) is 2.83. The highest BCUT2D eigenvalue weighted by Crippen LogP contribution is 2.37. The van der Waals surface area contributed by atoms with Gasteiger partial charge >= 0.3 is 0 Å². The second-order valence-corrected chi connectivity index (χ2v) is 5.56. The van der Waals surface area contributed by atoms with E-state index in [9.17, 15) is 4.39 Å². The first-order valence-electron chi connectivity index (χ1n) is 7.07. The van der Waals surface area contributed by atoms with E-state index in [4.69, 9.17) is 10.3 Å². The predicted molar refractivity (Wildman–Crippen MR) is 76.5 cm³/mol. The smallest absolute Gasteiger partial charge is 0.276 e. The van der Waals surface area contributed by atoms with Gasteiger partial charge in [-0.25, -0.2) is 9.37 Å². The molecule has 4 rings (SSSR count). The SMILES string of the molecule is NC1(c2noc(-c3cncn3-c3ccc(F)cc3)n2)CCC1. The van der Waals surface area contributed by atoms with Crippen molar-refractivity contribution in [1.29, 1.82) is 0 Å². The summed E-state index contributed by atoms with van der Waals surface area (Å²) in [7, 11) is 0. The molecule has 1 aromatic carbocycles. The van der Waals surface area contributed by atoms with Crippen LogP contribution in [0.15, 0.2) is 41.3 Å². The molecule has 0 atom stereocenters. The third-order valence-electron chi connectivity index (χ3n) is 4.08. The summed E-state index contributed by atoms with van der Waals surface area (Å²) in [6.45, 7) is 0. The van der Waals surface area contributed by atoms with Gasteiger partial charge in [0.2, 0.25) is 0 Å². The molecule has 0 bridgehead atoms. The lowest BCUT2D eigenvalue weighted by molar-refractivity contribution is 0.229. The molecule has 2 heterocycles. The Morgan fingerprint density at radius 3 is 2.68 bits per heavy atom. The predicted octanol–water partition coefficient (Wildman–Crippen LogP) is 2.40. The highest BCUT2D eigenvalue weighted by Gasteiger charge is 2.39. The Balaban J connectivity index is 1.72. The molecule has 0 unspecified atom stereocenters. The monoisotopic (exact) mass is 299 g/mol. The lowest BCUT2D eigenvalue weighted by atomic mass is 9.77. The molecule has 3 aromatic rings. The van der Waals surface area contributed by atoms with E-state index in [0.717, 1.165) is 24.9 Å². The number of halogens is 1. The van der Waals surface area contributed by atoms with Gasteiger partial charge in [0.15, 0.2) is 5.82 Å². The molecule has 1 saturated carbocycles. The van der Waals surface area contributed by atoms with Gasteiger partial charge in [0.05, 0.1) is 18.1 Å². The normalized spacial score (nSPS) is 16.5. The maximum absolute atomic E-state index is 13.1. The fourth-order valence-electron chi connectivity index (χ4n) is 2.57. The summed E-state index contributed by atoms with van der Waals surface area (Å²) < 4.78 is 20.2. The van der Waals surface area contributed by atoms with Crippen LogP contribution >= 0.6 is 0 Å². The Bertz CT molecular complexity index is 803. The minimum atomic E-state index is -0.470. The van der Waals surface area contributed by atoms with Crippen LogP contribution in [0.5, 0.6) is 0 Å². The Hall–Kier alpha value is -2.54. The summed E-state index contributed by atoms with van der Waals surface area (Å²) in [6.07, 6.45) is 6.05. The standard InChI is InChI=1S/C15H14FN5O/c16-10-2-4-11(5-3-10)21-9-18-8-12(21)13-19-14(20-22-13)15(17)6-1-7-15/h2-5,8-9H,1,6-7,17H2. The summed E-state index contributed by atoms with van der Waals surface area (Å²) >= 11 is 0. The lowest BCUT2D eigenvalue weighted by Gasteiger charge is -2.34. The minimum absolute atomic E-state index is 0.291. The van der Waals surface area contributed by atoms with Crippen molar-refractivity contribution in [3.63, 3.8) is 0 Å². The fraction of sp³-hybridized carbons (Fsp3) is 0.267. The van der Waals surface area contributed by atoms with Gasteiger partial charge in [-0.2, -0.15) is 4.98 Å². The number of benzene rings is 1. The van der Waals surface area contributed by atoms with Gasteiger partial charge < -0.3 is 10.3 Å². The average Bonchev–Trinajstić information content (AvgIpc) is 3.14. The largest absolute Gasteiger partial charge is 0.332 e. The highest BCUT2D eigenvalue weighted by atomic mass is 19.1. The van der Waals surface area contributed by atoms with Gasteiger partial charge in [0.1, 0.15) is 11.5 Å². The van der Waals surface area contributed by atoms with Gasteiger partial charge in [0.25, 0.3) is 5.89 Å². The fourth-order valence-corrected chi connectivity index (χ4v) is 2.57. The number of imidazole rings is 1. The van der Waals surface area contributed by atoms with Crippen molar-refractivity contribution < 1.29 is 8.91 Å². The Labute approximate surface area is 125 Å². The Morgan fingerprint density at radius 1 is 1.23 bits per heavy atom. The molecule has 1 aliphatic carbocycles. The van der Waals surface area contributed by atoms with Gasteiger partial charge in [-0.05, 0) is 43.5 Å². The third kappa shape index (κ3) is 2.01. The molecule has 1 aliphatic rings. The first-order chi connectivity index (χ1) is 10.7. The second kappa shape index (κ2) is 4.74. The molecule has 2 N–H and O–H groups in total. The summed E-state index contributed by atoms with van der Waals surface area (Å²) in [4.78, 5) is 8.53. The van der Waals surface area contributed by atoms with Crippen molar-refractivity contribution in [2.75, 3.05) is 0 Å². The number of hydrogen-bond acceptors (Lipinski definition) is 5. The molecule has 0 saturated heterocycles. The van der Waals surface area contributed by atoms with Crippen LogP contribution in [-0.4, -0.2) is 19.7 Å². The number of aromatic nitrogens is 4. The molecule has 7 heteroatoms. The van der Waals surface area contributed by atoms with E-state index in [-0.39, 0.29) is 5.82 Å². The molecule has 2 aromatic heterocycles. The van der Waals surface area contributed by atoms with E-state index in [2.05, 4.69) is 15.1 Å². The first-order valence-corrected chi connectivity index (χ1v) is 7.07. The second-order valence-electron chi connectivity index (χ2n) is 5.56. The van der Waals surface area contributed by atoms with Gasteiger partial charge in [-0.1, -0.05) is 5.16 Å². The highest BCUT2D eigenvalue weighted by molar-refractivity contribution is 5.52. The molecular formula is C15H14FN5O. The number of nitrogens with two attached hydrogens (primary N) is 1. The molecular weight excluding hydrogens is 285 g/mol. The zero-order chi connectivity index (χ0) is 15.2. The van der Waals surface area contributed by atoms with Gasteiger partial charge in [-0.3, -0.25) is 4.57 Å². The molecule has 6 nitrogen and oxygen atoms in total. The van der Waals surface area contributed by atoms with E-state index in [1.54, 1.807) is 29.2 Å². The lowest BCUT2D eigenvalue weighted by Crippen LogP contribution is -2.44. The van der Waals surface area contributed by atoms with Crippen LogP contribution in [0.25, 0.3) is 17.3 Å². The van der Waals surface area contributed by atoms with Crippen LogP contribution < -0.4 is 5.73 Å². The van der Waals surface area contributed by atoms with E-state index in [1.165, 1.54) is 12.1 Å². The zero-order valence-corrected chi connectivity index (χ0v) is 11.7. The van der Waals surface area contributed by atoms with E-state index in [1.807, 2.05) is 0 Å². The number of nitrogens with zero attached hydrogens (tertiary/aromatic N) is 4. The zero-order valence-electron chi connectivity index (χ0n) is 11.7. The number of rotatable bonds is 3. The van der Waals surface area contributed by atoms with Crippen molar-refractivity contribution in [1.82, 2.24) is 19.7 Å². The summed E-state index contributed by atoms with van der Waals surface area (Å²) in [6, 6.07) is 6.10. The van der Waals surface area contributed by atoms with Crippen molar-refractivity contribution >= 4 is 0 Å². The van der Waals surface area contributed by atoms with Gasteiger partial charge in [-0.15, -0.1) is 0 Å². The molecule has 0 radical (unpaired) electrons. The minimum Gasteiger partial charge on any atom is -0.332 e. The van der Waals surface area contributed by atoms with Crippen LogP contribution in [0.1, 0.15) is 25.1 Å². The molecule has 0 aliphatic heterocycles. The van der Waals surface area contributed by atoms with Crippen LogP contribution in [0.3, 0.4) is 0 Å². The summed E-state index contributed by atoms with van der Waals surface area (Å²) in [5.74, 6) is 0.592. The van der Waals surface area contributed by atoms with Crippen LogP contribution in [0.2, 0.25) is 0 Å². The molecule has 112 valence electrons. The maximum atomic E-state index is 13.1. The first kappa shape index (κ1) is 13.1. The third-order valence-corrected chi connectivity index (χ3v) is 4.08. The summed E-state index contributed by atoms with van der Waals surface area (Å²) in [5.41, 5.74) is 7.15. The average molecular weight is 299 g/mol. The van der Waals surface area contributed by atoms with Crippen molar-refractivity contribution in [2.24, 2.45) is 5.73 Å². The topological polar surface area (TPSA) is 82.8 Å². The molecule has 0 amide bonds. The maximum Gasteiger partial charge on any atom is 0.276 e. The molecule has 0 spiro atoms. The quantitative estimate of drug-likeness (QED) is 0.803. The van der Waals surface area contributed by atoms with E-state index in [0.29, 0.717) is 17.4 Å². The summed E-state index contributed by atoms with van der Waals surface area (Å²) in [5, 5.41) is 4.00. The van der Waals surface area contributed by atoms with Gasteiger partial charge in [0, 0.05) is 5.69 Å². The number of hydrogen-bond donors (Lipinski definition) is 1.